The molecule has 0 aliphatic rings. The van der Waals surface area contributed by atoms with Gasteiger partial charge in [-0.25, -0.2) is 0 Å². The van der Waals surface area contributed by atoms with Crippen molar-refractivity contribution in [1.82, 2.24) is 5.32 Å². The molecule has 2 heteroatoms. The molecule has 0 aliphatic heterocycles. The van der Waals surface area contributed by atoms with Crippen molar-refractivity contribution in [2.75, 3.05) is 6.54 Å². The van der Waals surface area contributed by atoms with E-state index in [0.29, 0.717) is 5.92 Å². The minimum atomic E-state index is -0.0272. The molecule has 0 aliphatic carbocycles. The summed E-state index contributed by atoms with van der Waals surface area (Å²) in [6, 6.07) is 14.9. The molecule has 0 saturated heterocycles. The number of fused-ring (bicyclic) bond motifs is 1. The fraction of sp³-hybridized carbons (Fsp3) is 0.286. The van der Waals surface area contributed by atoms with Crippen LogP contribution < -0.4 is 5.32 Å². The predicted octanol–water partition coefficient (Wildman–Crippen LogP) is 4.66. The Morgan fingerprint density at radius 2 is 1.91 bits per heavy atom. The summed E-state index contributed by atoms with van der Waals surface area (Å²) < 4.78 is 0. The van der Waals surface area contributed by atoms with E-state index in [1.54, 1.807) is 12.2 Å². The van der Waals surface area contributed by atoms with Crippen LogP contribution in [0.1, 0.15) is 25.8 Å². The zero-order valence-electron chi connectivity index (χ0n) is 14.0. The zero-order valence-corrected chi connectivity index (χ0v) is 14.0. The fourth-order valence-electron chi connectivity index (χ4n) is 2.27. The molecule has 0 spiro atoms. The molecule has 0 bridgehead atoms. The van der Waals surface area contributed by atoms with Gasteiger partial charge < -0.3 is 5.32 Å². The highest BCUT2D eigenvalue weighted by molar-refractivity contribution is 5.87. The summed E-state index contributed by atoms with van der Waals surface area (Å²) in [4.78, 5) is 11.6. The van der Waals surface area contributed by atoms with Crippen LogP contribution in [-0.4, -0.2) is 12.5 Å². The van der Waals surface area contributed by atoms with Gasteiger partial charge in [0.1, 0.15) is 0 Å². The Morgan fingerprint density at radius 1 is 1.13 bits per heavy atom. The monoisotopic (exact) mass is 307 g/mol. The van der Waals surface area contributed by atoms with E-state index in [-0.39, 0.29) is 5.91 Å². The maximum atomic E-state index is 11.6. The highest BCUT2D eigenvalue weighted by atomic mass is 16.1. The second-order valence-corrected chi connectivity index (χ2v) is 5.93. The van der Waals surface area contributed by atoms with E-state index >= 15 is 0 Å². The number of hydrogen-bond donors (Lipinski definition) is 1. The molecule has 1 atom stereocenters. The number of hydrogen-bond acceptors (Lipinski definition) is 1. The number of allylic oxidation sites excluding steroid dienone is 3. The van der Waals surface area contributed by atoms with Crippen molar-refractivity contribution in [2.45, 2.75) is 26.7 Å². The van der Waals surface area contributed by atoms with Gasteiger partial charge in [0.15, 0.2) is 0 Å². The largest absolute Gasteiger partial charge is 0.352 e. The van der Waals surface area contributed by atoms with Crippen LogP contribution in [0, 0.1) is 5.92 Å². The molecule has 2 aromatic carbocycles. The van der Waals surface area contributed by atoms with Crippen LogP contribution in [0.5, 0.6) is 0 Å². The number of carbonyl (C=O) groups excluding carboxylic acids is 1. The zero-order chi connectivity index (χ0) is 16.5. The topological polar surface area (TPSA) is 29.1 Å². The Kier molecular flexibility index (Phi) is 6.61. The smallest absolute Gasteiger partial charge is 0.243 e. The van der Waals surface area contributed by atoms with Crippen molar-refractivity contribution in [2.24, 2.45) is 5.92 Å². The molecule has 1 N–H and O–H groups in total. The van der Waals surface area contributed by atoms with Gasteiger partial charge in [0.05, 0.1) is 0 Å². The Labute approximate surface area is 138 Å². The fourth-order valence-corrected chi connectivity index (χ4v) is 2.27. The van der Waals surface area contributed by atoms with Gasteiger partial charge in [0.25, 0.3) is 0 Å². The van der Waals surface area contributed by atoms with Crippen molar-refractivity contribution in [1.29, 1.82) is 0 Å². The molecular formula is C21H25NO. The lowest BCUT2D eigenvalue weighted by molar-refractivity contribution is -0.116. The molecule has 0 saturated carbocycles. The summed E-state index contributed by atoms with van der Waals surface area (Å²) in [5.74, 6) is 0.497. The number of benzene rings is 2. The van der Waals surface area contributed by atoms with E-state index in [1.807, 2.05) is 6.08 Å². The average molecular weight is 307 g/mol. The van der Waals surface area contributed by atoms with Crippen LogP contribution in [0.3, 0.4) is 0 Å². The molecule has 1 amide bonds. The molecule has 2 rings (SSSR count). The van der Waals surface area contributed by atoms with Gasteiger partial charge in [-0.2, -0.15) is 0 Å². The molecule has 0 heterocycles. The van der Waals surface area contributed by atoms with Crippen LogP contribution in [0.4, 0.5) is 0 Å². The molecule has 2 nitrogen and oxygen atoms in total. The molecule has 0 radical (unpaired) electrons. The minimum Gasteiger partial charge on any atom is -0.352 e. The Morgan fingerprint density at radius 3 is 2.70 bits per heavy atom. The Bertz CT molecular complexity index is 700. The molecule has 120 valence electrons. The molecule has 1 unspecified atom stereocenters. The number of rotatable bonds is 7. The summed E-state index contributed by atoms with van der Waals surface area (Å²) >= 11 is 0. The second-order valence-electron chi connectivity index (χ2n) is 5.93. The Hall–Kier alpha value is -2.35. The summed E-state index contributed by atoms with van der Waals surface area (Å²) in [5, 5.41) is 5.43. The third-order valence-corrected chi connectivity index (χ3v) is 3.98. The first-order chi connectivity index (χ1) is 11.2. The minimum absolute atomic E-state index is 0.0272. The lowest BCUT2D eigenvalue weighted by Gasteiger charge is -2.07. The first-order valence-corrected chi connectivity index (χ1v) is 8.27. The molecule has 0 fully saturated rings. The molecular weight excluding hydrogens is 282 g/mol. The molecule has 2 aromatic rings. The van der Waals surface area contributed by atoms with E-state index in [0.717, 1.165) is 19.4 Å². The van der Waals surface area contributed by atoms with Gasteiger partial charge in [-0.1, -0.05) is 81.0 Å². The normalized spacial score (nSPS) is 13.0. The van der Waals surface area contributed by atoms with Crippen molar-refractivity contribution >= 4 is 16.7 Å². The van der Waals surface area contributed by atoms with E-state index in [1.165, 1.54) is 16.3 Å². The van der Waals surface area contributed by atoms with Crippen molar-refractivity contribution in [3.63, 3.8) is 0 Å². The van der Waals surface area contributed by atoms with Crippen LogP contribution in [0.15, 0.2) is 66.8 Å². The van der Waals surface area contributed by atoms with E-state index in [4.69, 9.17) is 0 Å². The van der Waals surface area contributed by atoms with E-state index in [9.17, 15) is 4.79 Å². The van der Waals surface area contributed by atoms with Crippen molar-refractivity contribution in [3.05, 3.63) is 72.3 Å². The maximum Gasteiger partial charge on any atom is 0.243 e. The van der Waals surface area contributed by atoms with Crippen molar-refractivity contribution < 1.29 is 4.79 Å². The highest BCUT2D eigenvalue weighted by Gasteiger charge is 1.99. The number of carbonyl (C=O) groups is 1. The van der Waals surface area contributed by atoms with E-state index < -0.39 is 0 Å². The maximum absolute atomic E-state index is 11.6. The third kappa shape index (κ3) is 5.74. The molecule has 0 aromatic heterocycles. The summed E-state index contributed by atoms with van der Waals surface area (Å²) in [6.07, 6.45) is 9.33. The highest BCUT2D eigenvalue weighted by Crippen LogP contribution is 2.16. The SMILES string of the molecule is CCC(C)CNC(=O)/C=C/C=C/Cc1ccc2ccccc2c1. The third-order valence-electron chi connectivity index (χ3n) is 3.98. The van der Waals surface area contributed by atoms with Gasteiger partial charge in [-0.05, 0) is 28.7 Å². The Balaban J connectivity index is 1.81. The quantitative estimate of drug-likeness (QED) is 0.585. The average Bonchev–Trinajstić information content (AvgIpc) is 2.59. The lowest BCUT2D eigenvalue weighted by atomic mass is 10.1. The molecule has 23 heavy (non-hydrogen) atoms. The summed E-state index contributed by atoms with van der Waals surface area (Å²) in [7, 11) is 0. The number of amides is 1. The van der Waals surface area contributed by atoms with Gasteiger partial charge in [-0.3, -0.25) is 4.79 Å². The van der Waals surface area contributed by atoms with Crippen LogP contribution >= 0.6 is 0 Å². The standard InChI is InChI=1S/C21H25NO/c1-3-17(2)16-22-21(23)12-6-4-5-9-18-13-14-19-10-7-8-11-20(19)15-18/h4-8,10-15,17H,3,9,16H2,1-2H3,(H,22,23)/b5-4+,12-6+. The first kappa shape index (κ1) is 17.0. The van der Waals surface area contributed by atoms with Gasteiger partial charge in [0, 0.05) is 12.6 Å². The predicted molar refractivity (Wildman–Crippen MR) is 98.4 cm³/mol. The van der Waals surface area contributed by atoms with E-state index in [2.05, 4.69) is 67.7 Å². The number of nitrogens with one attached hydrogen (secondary N) is 1. The van der Waals surface area contributed by atoms with Gasteiger partial charge in [-0.15, -0.1) is 0 Å². The van der Waals surface area contributed by atoms with Crippen molar-refractivity contribution in [3.8, 4) is 0 Å². The van der Waals surface area contributed by atoms with Crippen LogP contribution in [0.25, 0.3) is 10.8 Å². The summed E-state index contributed by atoms with van der Waals surface area (Å²) in [5.41, 5.74) is 1.27. The van der Waals surface area contributed by atoms with Crippen LogP contribution in [-0.2, 0) is 11.2 Å². The van der Waals surface area contributed by atoms with Gasteiger partial charge in [0.2, 0.25) is 5.91 Å². The first-order valence-electron chi connectivity index (χ1n) is 8.27. The second kappa shape index (κ2) is 8.94. The van der Waals surface area contributed by atoms with Crippen LogP contribution in [0.2, 0.25) is 0 Å². The summed E-state index contributed by atoms with van der Waals surface area (Å²) in [6.45, 7) is 5.00. The lowest BCUT2D eigenvalue weighted by Crippen LogP contribution is -2.26. The van der Waals surface area contributed by atoms with Gasteiger partial charge >= 0.3 is 0 Å².